The number of ketones is 1. The van der Waals surface area contributed by atoms with E-state index in [0.29, 0.717) is 42.5 Å². The summed E-state index contributed by atoms with van der Waals surface area (Å²) in [6.07, 6.45) is 0. The van der Waals surface area contributed by atoms with E-state index in [-0.39, 0.29) is 11.3 Å². The number of amides is 1. The predicted octanol–water partition coefficient (Wildman–Crippen LogP) is 5.24. The number of carbonyl (C=O) groups excluding carboxylic acids is 2. The van der Waals surface area contributed by atoms with Crippen molar-refractivity contribution in [1.82, 2.24) is 9.80 Å². The van der Waals surface area contributed by atoms with Crippen LogP contribution in [0.15, 0.2) is 70.7 Å². The monoisotopic (exact) mass is 502 g/mol. The van der Waals surface area contributed by atoms with Crippen molar-refractivity contribution in [1.29, 1.82) is 0 Å². The number of rotatable bonds is 10. The fraction of sp³-hybridized carbons (Fsp3) is 0.333. The van der Waals surface area contributed by atoms with E-state index in [2.05, 4.69) is 24.8 Å². The second-order valence-electron chi connectivity index (χ2n) is 9.27. The standard InChI is InChI=1S/C30H34N2O5/c1-5-31(6-2)16-17-32-27(25-15-10-21(4)37-25)26(29(34)30(32)35)28(33)23-11-13-24(14-12-23)36-19-22-9-7-8-20(3)18-22/h7-15,18,27,33H,5-6,16-17,19H2,1-4H3/t27-/m1/s1. The summed E-state index contributed by atoms with van der Waals surface area (Å²) in [6.45, 7) is 11.0. The number of hydrogen-bond donors (Lipinski definition) is 1. The van der Waals surface area contributed by atoms with Gasteiger partial charge in [0.2, 0.25) is 0 Å². The summed E-state index contributed by atoms with van der Waals surface area (Å²) in [7, 11) is 0. The summed E-state index contributed by atoms with van der Waals surface area (Å²) >= 11 is 0. The van der Waals surface area contributed by atoms with Gasteiger partial charge in [0, 0.05) is 18.7 Å². The molecule has 7 nitrogen and oxygen atoms in total. The Balaban J connectivity index is 1.61. The van der Waals surface area contributed by atoms with Gasteiger partial charge >= 0.3 is 0 Å². The van der Waals surface area contributed by atoms with Crippen LogP contribution in [0.5, 0.6) is 5.75 Å². The highest BCUT2D eigenvalue weighted by molar-refractivity contribution is 6.46. The molecule has 2 heterocycles. The van der Waals surface area contributed by atoms with Crippen LogP contribution in [0.1, 0.15) is 48.1 Å². The van der Waals surface area contributed by atoms with Gasteiger partial charge < -0.3 is 24.1 Å². The molecule has 4 rings (SSSR count). The number of likely N-dealkylation sites (N-methyl/N-ethyl adjacent to an activating group) is 1. The molecule has 3 aromatic rings. The van der Waals surface area contributed by atoms with E-state index in [1.54, 1.807) is 43.3 Å². The Labute approximate surface area is 218 Å². The normalized spacial score (nSPS) is 17.1. The molecule has 1 N–H and O–H groups in total. The smallest absolute Gasteiger partial charge is 0.295 e. The highest BCUT2D eigenvalue weighted by Gasteiger charge is 2.47. The summed E-state index contributed by atoms with van der Waals surface area (Å²) in [5.74, 6) is 0.181. The van der Waals surface area contributed by atoms with E-state index < -0.39 is 17.7 Å². The van der Waals surface area contributed by atoms with Crippen molar-refractivity contribution in [3.05, 3.63) is 94.4 Å². The largest absolute Gasteiger partial charge is 0.507 e. The highest BCUT2D eigenvalue weighted by atomic mass is 16.5. The van der Waals surface area contributed by atoms with E-state index in [9.17, 15) is 14.7 Å². The minimum atomic E-state index is -0.790. The zero-order valence-corrected chi connectivity index (χ0v) is 21.9. The van der Waals surface area contributed by atoms with Crippen LogP contribution in [0.4, 0.5) is 0 Å². The summed E-state index contributed by atoms with van der Waals surface area (Å²) in [5.41, 5.74) is 2.69. The molecule has 37 heavy (non-hydrogen) atoms. The first-order valence-electron chi connectivity index (χ1n) is 12.7. The van der Waals surface area contributed by atoms with Gasteiger partial charge in [-0.2, -0.15) is 0 Å². The van der Waals surface area contributed by atoms with Gasteiger partial charge in [-0.15, -0.1) is 0 Å². The maximum Gasteiger partial charge on any atom is 0.295 e. The van der Waals surface area contributed by atoms with Crippen LogP contribution in [0, 0.1) is 13.8 Å². The second kappa shape index (κ2) is 11.5. The molecule has 1 amide bonds. The van der Waals surface area contributed by atoms with Crippen LogP contribution in [-0.2, 0) is 16.2 Å². The van der Waals surface area contributed by atoms with Gasteiger partial charge in [0.15, 0.2) is 0 Å². The topological polar surface area (TPSA) is 83.2 Å². The predicted molar refractivity (Wildman–Crippen MR) is 142 cm³/mol. The van der Waals surface area contributed by atoms with Gasteiger partial charge in [0.05, 0.1) is 5.57 Å². The summed E-state index contributed by atoms with van der Waals surface area (Å²) in [5, 5.41) is 11.3. The molecule has 1 aliphatic rings. The fourth-order valence-corrected chi connectivity index (χ4v) is 4.63. The van der Waals surface area contributed by atoms with Crippen molar-refractivity contribution in [3.8, 4) is 5.75 Å². The molecule has 1 saturated heterocycles. The molecule has 0 spiro atoms. The number of aliphatic hydroxyl groups is 1. The molecule has 1 aliphatic heterocycles. The number of aliphatic hydroxyl groups excluding tert-OH is 1. The summed E-state index contributed by atoms with van der Waals surface area (Å²) < 4.78 is 11.7. The highest BCUT2D eigenvalue weighted by Crippen LogP contribution is 2.40. The number of nitrogens with zero attached hydrogens (tertiary/aromatic N) is 2. The first-order valence-corrected chi connectivity index (χ1v) is 12.7. The van der Waals surface area contributed by atoms with E-state index in [1.807, 2.05) is 25.1 Å². The van der Waals surface area contributed by atoms with Crippen molar-refractivity contribution < 1.29 is 23.8 Å². The van der Waals surface area contributed by atoms with Gasteiger partial charge in [-0.25, -0.2) is 0 Å². The Hall–Kier alpha value is -3.84. The zero-order chi connectivity index (χ0) is 26.5. The Morgan fingerprint density at radius 3 is 2.38 bits per heavy atom. The van der Waals surface area contributed by atoms with Crippen molar-refractivity contribution in [2.45, 2.75) is 40.3 Å². The second-order valence-corrected chi connectivity index (χ2v) is 9.27. The third-order valence-electron chi connectivity index (χ3n) is 6.74. The molecule has 1 atom stereocenters. The Morgan fingerprint density at radius 1 is 1.03 bits per heavy atom. The SMILES string of the molecule is CCN(CC)CCN1C(=O)C(=O)C(=C(O)c2ccc(OCc3cccc(C)c3)cc2)[C@H]1c1ccc(C)o1. The van der Waals surface area contributed by atoms with Gasteiger partial charge in [-0.05, 0) is 68.9 Å². The molecule has 2 aromatic carbocycles. The molecule has 194 valence electrons. The number of ether oxygens (including phenoxy) is 1. The average molecular weight is 503 g/mol. The summed E-state index contributed by atoms with van der Waals surface area (Å²) in [4.78, 5) is 29.9. The number of hydrogen-bond acceptors (Lipinski definition) is 6. The summed E-state index contributed by atoms with van der Waals surface area (Å²) in [6, 6.07) is 17.7. The van der Waals surface area contributed by atoms with Crippen LogP contribution in [0.2, 0.25) is 0 Å². The lowest BCUT2D eigenvalue weighted by molar-refractivity contribution is -0.140. The molecule has 0 aliphatic carbocycles. The molecule has 7 heteroatoms. The van der Waals surface area contributed by atoms with Gasteiger partial charge in [0.25, 0.3) is 11.7 Å². The third-order valence-corrected chi connectivity index (χ3v) is 6.74. The minimum Gasteiger partial charge on any atom is -0.507 e. The van der Waals surface area contributed by atoms with E-state index in [0.717, 1.165) is 24.2 Å². The third kappa shape index (κ3) is 5.78. The number of carbonyl (C=O) groups is 2. The van der Waals surface area contributed by atoms with Crippen molar-refractivity contribution in [2.24, 2.45) is 0 Å². The van der Waals surface area contributed by atoms with Gasteiger partial charge in [0.1, 0.15) is 35.7 Å². The van der Waals surface area contributed by atoms with Crippen LogP contribution in [0.25, 0.3) is 5.76 Å². The van der Waals surface area contributed by atoms with Gasteiger partial charge in [-0.1, -0.05) is 43.7 Å². The van der Waals surface area contributed by atoms with E-state index in [4.69, 9.17) is 9.15 Å². The first-order chi connectivity index (χ1) is 17.8. The zero-order valence-electron chi connectivity index (χ0n) is 21.9. The maximum atomic E-state index is 13.2. The number of Topliss-reactive ketones (excluding diaryl/α,β-unsaturated/α-hetero) is 1. The van der Waals surface area contributed by atoms with Crippen molar-refractivity contribution in [2.75, 3.05) is 26.2 Å². The molecule has 1 fully saturated rings. The molecule has 0 bridgehead atoms. The molecule has 0 unspecified atom stereocenters. The molecular formula is C30H34N2O5. The lowest BCUT2D eigenvalue weighted by Crippen LogP contribution is -2.37. The average Bonchev–Trinajstić information content (AvgIpc) is 3.44. The maximum absolute atomic E-state index is 13.2. The Bertz CT molecular complexity index is 1290. The first kappa shape index (κ1) is 26.2. The fourth-order valence-electron chi connectivity index (χ4n) is 4.63. The molecule has 1 aromatic heterocycles. The van der Waals surface area contributed by atoms with Gasteiger partial charge in [-0.3, -0.25) is 9.59 Å². The number of aryl methyl sites for hydroxylation is 2. The van der Waals surface area contributed by atoms with Crippen molar-refractivity contribution in [3.63, 3.8) is 0 Å². The molecule has 0 radical (unpaired) electrons. The van der Waals surface area contributed by atoms with Crippen molar-refractivity contribution >= 4 is 17.4 Å². The van der Waals surface area contributed by atoms with Crippen LogP contribution in [-0.4, -0.2) is 52.8 Å². The Kier molecular flexibility index (Phi) is 8.14. The van der Waals surface area contributed by atoms with Crippen LogP contribution in [0.3, 0.4) is 0 Å². The van der Waals surface area contributed by atoms with Crippen LogP contribution >= 0.6 is 0 Å². The molecule has 0 saturated carbocycles. The molecular weight excluding hydrogens is 468 g/mol. The number of furan rings is 1. The number of likely N-dealkylation sites (tertiary alicyclic amines) is 1. The lowest BCUT2D eigenvalue weighted by atomic mass is 9.99. The lowest BCUT2D eigenvalue weighted by Gasteiger charge is -2.26. The van der Waals surface area contributed by atoms with E-state index in [1.165, 1.54) is 4.90 Å². The minimum absolute atomic E-state index is 0.0346. The number of benzene rings is 2. The van der Waals surface area contributed by atoms with E-state index >= 15 is 0 Å². The quantitative estimate of drug-likeness (QED) is 0.232. The Morgan fingerprint density at radius 2 is 1.76 bits per heavy atom. The van der Waals surface area contributed by atoms with Crippen LogP contribution < -0.4 is 4.74 Å².